The van der Waals surface area contributed by atoms with Crippen LogP contribution in [0.5, 0.6) is 0 Å². The zero-order chi connectivity index (χ0) is 10.8. The molecule has 0 spiro atoms. The van der Waals surface area contributed by atoms with Gasteiger partial charge in [-0.25, -0.2) is 0 Å². The number of unbranched alkanes of at least 4 members (excludes halogenated alkanes) is 2. The molecule has 14 heavy (non-hydrogen) atoms. The molecule has 0 rings (SSSR count). The molecule has 0 amide bonds. The third-order valence-electron chi connectivity index (χ3n) is 2.90. The van der Waals surface area contributed by atoms with Crippen molar-refractivity contribution in [3.05, 3.63) is 0 Å². The van der Waals surface area contributed by atoms with Crippen LogP contribution in [0.3, 0.4) is 0 Å². The standard InChI is InChI=1S/C13H29N/c1-5-6-7-10-13(14-4)11-8-9-12(2)3/h12-14H,5-11H2,1-4H3. The van der Waals surface area contributed by atoms with Gasteiger partial charge < -0.3 is 5.32 Å². The molecule has 0 aliphatic heterocycles. The van der Waals surface area contributed by atoms with Crippen molar-refractivity contribution in [2.75, 3.05) is 7.05 Å². The average molecular weight is 199 g/mol. The van der Waals surface area contributed by atoms with Crippen molar-refractivity contribution < 1.29 is 0 Å². The van der Waals surface area contributed by atoms with Gasteiger partial charge in [-0.05, 0) is 25.8 Å². The molecule has 1 nitrogen and oxygen atoms in total. The van der Waals surface area contributed by atoms with Gasteiger partial charge in [0.1, 0.15) is 0 Å². The lowest BCUT2D eigenvalue weighted by atomic mass is 9.99. The molecule has 86 valence electrons. The summed E-state index contributed by atoms with van der Waals surface area (Å²) in [5, 5.41) is 3.43. The molecular formula is C13H29N. The smallest absolute Gasteiger partial charge is 0.00640 e. The highest BCUT2D eigenvalue weighted by atomic mass is 14.9. The van der Waals surface area contributed by atoms with Gasteiger partial charge in [0, 0.05) is 6.04 Å². The topological polar surface area (TPSA) is 12.0 Å². The van der Waals surface area contributed by atoms with E-state index in [1.807, 2.05) is 0 Å². The first-order valence-corrected chi connectivity index (χ1v) is 6.38. The van der Waals surface area contributed by atoms with Crippen molar-refractivity contribution >= 4 is 0 Å². The fourth-order valence-electron chi connectivity index (χ4n) is 1.85. The molecule has 1 heteroatoms. The molecule has 0 aromatic rings. The molecule has 0 radical (unpaired) electrons. The first kappa shape index (κ1) is 14.0. The number of rotatable bonds is 9. The SMILES string of the molecule is CCCCCC(CCCC(C)C)NC. The number of hydrogen-bond donors (Lipinski definition) is 1. The van der Waals surface area contributed by atoms with Crippen molar-refractivity contribution in [3.8, 4) is 0 Å². The summed E-state index contributed by atoms with van der Waals surface area (Å²) in [5.74, 6) is 0.864. The maximum atomic E-state index is 3.43. The molecule has 0 saturated carbocycles. The Balaban J connectivity index is 3.38. The largest absolute Gasteiger partial charge is 0.317 e. The van der Waals surface area contributed by atoms with Gasteiger partial charge in [-0.15, -0.1) is 0 Å². The van der Waals surface area contributed by atoms with E-state index >= 15 is 0 Å². The van der Waals surface area contributed by atoms with E-state index in [9.17, 15) is 0 Å². The fraction of sp³-hybridized carbons (Fsp3) is 1.00. The van der Waals surface area contributed by atoms with Crippen molar-refractivity contribution in [2.24, 2.45) is 5.92 Å². The van der Waals surface area contributed by atoms with Gasteiger partial charge in [-0.3, -0.25) is 0 Å². The van der Waals surface area contributed by atoms with Crippen LogP contribution in [0.25, 0.3) is 0 Å². The fourth-order valence-corrected chi connectivity index (χ4v) is 1.85. The first-order valence-electron chi connectivity index (χ1n) is 6.38. The molecule has 0 heterocycles. The van der Waals surface area contributed by atoms with Crippen LogP contribution < -0.4 is 5.32 Å². The van der Waals surface area contributed by atoms with Crippen LogP contribution in [-0.4, -0.2) is 13.1 Å². The van der Waals surface area contributed by atoms with E-state index in [0.29, 0.717) is 0 Å². The average Bonchev–Trinajstić information content (AvgIpc) is 2.15. The van der Waals surface area contributed by atoms with Crippen LogP contribution >= 0.6 is 0 Å². The highest BCUT2D eigenvalue weighted by Gasteiger charge is 2.05. The van der Waals surface area contributed by atoms with Gasteiger partial charge in [0.25, 0.3) is 0 Å². The number of nitrogens with one attached hydrogen (secondary N) is 1. The van der Waals surface area contributed by atoms with Crippen molar-refractivity contribution in [1.29, 1.82) is 0 Å². The predicted octanol–water partition coefficient (Wildman–Crippen LogP) is 3.98. The van der Waals surface area contributed by atoms with Crippen LogP contribution in [0, 0.1) is 5.92 Å². The van der Waals surface area contributed by atoms with E-state index in [1.165, 1.54) is 44.9 Å². The third-order valence-corrected chi connectivity index (χ3v) is 2.90. The minimum atomic E-state index is 0.764. The summed E-state index contributed by atoms with van der Waals surface area (Å²) in [7, 11) is 2.10. The van der Waals surface area contributed by atoms with Crippen LogP contribution in [0.4, 0.5) is 0 Å². The molecule has 0 aliphatic carbocycles. The Morgan fingerprint density at radius 1 is 0.929 bits per heavy atom. The Bertz CT molecular complexity index is 110. The highest BCUT2D eigenvalue weighted by Crippen LogP contribution is 2.12. The van der Waals surface area contributed by atoms with E-state index in [2.05, 4.69) is 33.1 Å². The Kier molecular flexibility index (Phi) is 9.49. The van der Waals surface area contributed by atoms with Gasteiger partial charge in [0.15, 0.2) is 0 Å². The Morgan fingerprint density at radius 2 is 1.57 bits per heavy atom. The third kappa shape index (κ3) is 8.55. The maximum absolute atomic E-state index is 3.43. The van der Waals surface area contributed by atoms with Crippen LogP contribution in [0.2, 0.25) is 0 Å². The quantitative estimate of drug-likeness (QED) is 0.554. The van der Waals surface area contributed by atoms with Gasteiger partial charge in [0.2, 0.25) is 0 Å². The van der Waals surface area contributed by atoms with Crippen LogP contribution in [-0.2, 0) is 0 Å². The van der Waals surface area contributed by atoms with E-state index in [0.717, 1.165) is 12.0 Å². The Hall–Kier alpha value is -0.0400. The molecule has 0 aromatic heterocycles. The van der Waals surface area contributed by atoms with Gasteiger partial charge in [-0.2, -0.15) is 0 Å². The highest BCUT2D eigenvalue weighted by molar-refractivity contribution is 4.65. The first-order chi connectivity index (χ1) is 6.70. The Morgan fingerprint density at radius 3 is 2.07 bits per heavy atom. The summed E-state index contributed by atoms with van der Waals surface area (Å²) in [6.45, 7) is 6.89. The van der Waals surface area contributed by atoms with Gasteiger partial charge in [0.05, 0.1) is 0 Å². The molecule has 0 saturated heterocycles. The summed E-state index contributed by atoms with van der Waals surface area (Å²) >= 11 is 0. The van der Waals surface area contributed by atoms with Crippen molar-refractivity contribution in [3.63, 3.8) is 0 Å². The molecule has 0 aromatic carbocycles. The zero-order valence-corrected chi connectivity index (χ0v) is 10.6. The van der Waals surface area contributed by atoms with Crippen LogP contribution in [0.15, 0.2) is 0 Å². The monoisotopic (exact) mass is 199 g/mol. The lowest BCUT2D eigenvalue weighted by Crippen LogP contribution is -2.24. The zero-order valence-electron chi connectivity index (χ0n) is 10.6. The van der Waals surface area contributed by atoms with E-state index in [-0.39, 0.29) is 0 Å². The maximum Gasteiger partial charge on any atom is 0.00640 e. The summed E-state index contributed by atoms with van der Waals surface area (Å²) in [6, 6.07) is 0.764. The summed E-state index contributed by atoms with van der Waals surface area (Å²) < 4.78 is 0. The van der Waals surface area contributed by atoms with E-state index in [1.54, 1.807) is 0 Å². The molecule has 0 aliphatic rings. The second-order valence-corrected chi connectivity index (χ2v) is 4.81. The second-order valence-electron chi connectivity index (χ2n) is 4.81. The molecule has 0 fully saturated rings. The van der Waals surface area contributed by atoms with E-state index in [4.69, 9.17) is 0 Å². The molecule has 1 N–H and O–H groups in total. The lowest BCUT2D eigenvalue weighted by Gasteiger charge is -2.16. The van der Waals surface area contributed by atoms with Gasteiger partial charge in [-0.1, -0.05) is 52.9 Å². The van der Waals surface area contributed by atoms with Gasteiger partial charge >= 0.3 is 0 Å². The van der Waals surface area contributed by atoms with Crippen LogP contribution in [0.1, 0.15) is 65.7 Å². The lowest BCUT2D eigenvalue weighted by molar-refractivity contribution is 0.426. The number of hydrogen-bond acceptors (Lipinski definition) is 1. The normalized spacial score (nSPS) is 13.5. The van der Waals surface area contributed by atoms with Crippen molar-refractivity contribution in [2.45, 2.75) is 71.8 Å². The molecule has 1 unspecified atom stereocenters. The second kappa shape index (κ2) is 9.51. The van der Waals surface area contributed by atoms with Crippen molar-refractivity contribution in [1.82, 2.24) is 5.32 Å². The minimum absolute atomic E-state index is 0.764. The predicted molar refractivity (Wildman–Crippen MR) is 65.7 cm³/mol. The molecule has 1 atom stereocenters. The molecule has 0 bridgehead atoms. The van der Waals surface area contributed by atoms with E-state index < -0.39 is 0 Å². The molecular weight excluding hydrogens is 170 g/mol. The summed E-state index contributed by atoms with van der Waals surface area (Å²) in [6.07, 6.45) is 9.61. The summed E-state index contributed by atoms with van der Waals surface area (Å²) in [5.41, 5.74) is 0. The minimum Gasteiger partial charge on any atom is -0.317 e. The Labute approximate surface area is 90.7 Å². The summed E-state index contributed by atoms with van der Waals surface area (Å²) in [4.78, 5) is 0.